The first-order valence-electron chi connectivity index (χ1n) is 8.26. The molecule has 22 heavy (non-hydrogen) atoms. The number of carbonyl (C=O) groups is 2. The summed E-state index contributed by atoms with van der Waals surface area (Å²) >= 11 is 0. The van der Waals surface area contributed by atoms with E-state index in [-0.39, 0.29) is 11.9 Å². The van der Waals surface area contributed by atoms with Crippen molar-refractivity contribution in [3.63, 3.8) is 0 Å². The van der Waals surface area contributed by atoms with E-state index < -0.39 is 0 Å². The fraction of sp³-hybridized carbons (Fsp3) is 0.765. The Morgan fingerprint density at radius 3 is 1.59 bits per heavy atom. The van der Waals surface area contributed by atoms with Crippen LogP contribution in [-0.2, 0) is 19.1 Å². The second kappa shape index (κ2) is 14.4. The molecule has 2 N–H and O–H groups in total. The number of unbranched alkanes of at least 4 members (excludes halogenated alkanes) is 8. The molecule has 0 unspecified atom stereocenters. The lowest BCUT2D eigenvalue weighted by atomic mass is 10.1. The van der Waals surface area contributed by atoms with Gasteiger partial charge in [0.1, 0.15) is 0 Å². The van der Waals surface area contributed by atoms with Gasteiger partial charge in [0.2, 0.25) is 0 Å². The van der Waals surface area contributed by atoms with E-state index in [4.69, 9.17) is 15.2 Å². The van der Waals surface area contributed by atoms with Crippen molar-refractivity contribution >= 4 is 11.9 Å². The Hall–Kier alpha value is -1.52. The maximum Gasteiger partial charge on any atom is 0.332 e. The van der Waals surface area contributed by atoms with Gasteiger partial charge < -0.3 is 15.2 Å². The number of carbonyl (C=O) groups excluding carboxylic acids is 2. The summed E-state index contributed by atoms with van der Waals surface area (Å²) in [6, 6.07) is 0. The Bertz CT molecular complexity index is 336. The van der Waals surface area contributed by atoms with E-state index in [1.807, 2.05) is 0 Å². The number of esters is 2. The molecule has 0 aliphatic heterocycles. The van der Waals surface area contributed by atoms with Crippen LogP contribution in [0.4, 0.5) is 0 Å². The quantitative estimate of drug-likeness (QED) is 0.320. The minimum atomic E-state index is -0.353. The predicted molar refractivity (Wildman–Crippen MR) is 87.1 cm³/mol. The van der Waals surface area contributed by atoms with Crippen molar-refractivity contribution in [3.05, 3.63) is 11.8 Å². The van der Waals surface area contributed by atoms with E-state index in [1.165, 1.54) is 45.1 Å². The van der Waals surface area contributed by atoms with Crippen LogP contribution < -0.4 is 5.73 Å². The molecule has 0 fully saturated rings. The number of nitrogens with two attached hydrogens (primary N) is 1. The van der Waals surface area contributed by atoms with Crippen LogP contribution in [0.5, 0.6) is 0 Å². The summed E-state index contributed by atoms with van der Waals surface area (Å²) in [5, 5.41) is 0. The van der Waals surface area contributed by atoms with Gasteiger partial charge in [0.05, 0.1) is 13.2 Å². The zero-order valence-electron chi connectivity index (χ0n) is 14.1. The minimum absolute atomic E-state index is 0.195. The first-order chi connectivity index (χ1) is 10.5. The van der Waals surface area contributed by atoms with E-state index in [0.717, 1.165) is 25.7 Å². The van der Waals surface area contributed by atoms with Gasteiger partial charge >= 0.3 is 11.9 Å². The molecule has 5 heteroatoms. The average Bonchev–Trinajstić information content (AvgIpc) is 2.42. The van der Waals surface area contributed by atoms with Gasteiger partial charge in [-0.15, -0.1) is 0 Å². The maximum atomic E-state index is 11.2. The maximum absolute atomic E-state index is 11.2. The zero-order chi connectivity index (χ0) is 16.6. The molecule has 0 rings (SSSR count). The van der Waals surface area contributed by atoms with E-state index in [1.54, 1.807) is 6.92 Å². The lowest BCUT2D eigenvalue weighted by molar-refractivity contribution is -0.141. The van der Waals surface area contributed by atoms with Crippen molar-refractivity contribution in [2.24, 2.45) is 5.73 Å². The number of hydrogen-bond acceptors (Lipinski definition) is 5. The molecular formula is C17H31NO4. The zero-order valence-corrected chi connectivity index (χ0v) is 14.1. The summed E-state index contributed by atoms with van der Waals surface area (Å²) in [4.78, 5) is 21.7. The molecule has 0 aromatic carbocycles. The van der Waals surface area contributed by atoms with Crippen molar-refractivity contribution in [2.45, 2.75) is 71.6 Å². The van der Waals surface area contributed by atoms with Gasteiger partial charge in [-0.2, -0.15) is 0 Å². The van der Waals surface area contributed by atoms with Gasteiger partial charge in [0.25, 0.3) is 0 Å². The highest BCUT2D eigenvalue weighted by Gasteiger charge is 1.98. The fourth-order valence-electron chi connectivity index (χ4n) is 2.06. The summed E-state index contributed by atoms with van der Waals surface area (Å²) < 4.78 is 9.90. The Kier molecular flexibility index (Phi) is 13.4. The van der Waals surface area contributed by atoms with Crippen LogP contribution in [0.1, 0.15) is 71.6 Å². The van der Waals surface area contributed by atoms with Crippen LogP contribution in [0, 0.1) is 0 Å². The van der Waals surface area contributed by atoms with Crippen LogP contribution >= 0.6 is 0 Å². The summed E-state index contributed by atoms with van der Waals surface area (Å²) in [7, 11) is 0. The molecule has 0 aliphatic rings. The first kappa shape index (κ1) is 20.5. The summed E-state index contributed by atoms with van der Waals surface area (Å²) in [6.45, 7) is 4.13. The summed E-state index contributed by atoms with van der Waals surface area (Å²) in [5.41, 5.74) is 5.85. The van der Waals surface area contributed by atoms with Gasteiger partial charge in [0, 0.05) is 18.7 Å². The molecule has 0 atom stereocenters. The highest BCUT2D eigenvalue weighted by Crippen LogP contribution is 2.10. The molecule has 128 valence electrons. The summed E-state index contributed by atoms with van der Waals surface area (Å²) in [5.74, 6) is -0.548. The first-order valence-corrected chi connectivity index (χ1v) is 8.26. The van der Waals surface area contributed by atoms with E-state index >= 15 is 0 Å². The van der Waals surface area contributed by atoms with Gasteiger partial charge in [-0.25, -0.2) is 4.79 Å². The third-order valence-corrected chi connectivity index (χ3v) is 3.18. The van der Waals surface area contributed by atoms with Crippen molar-refractivity contribution < 1.29 is 19.1 Å². The lowest BCUT2D eigenvalue weighted by Crippen LogP contribution is -2.05. The monoisotopic (exact) mass is 313 g/mol. The Morgan fingerprint density at radius 1 is 0.773 bits per heavy atom. The third kappa shape index (κ3) is 16.5. The highest BCUT2D eigenvalue weighted by atomic mass is 16.5. The molecule has 0 radical (unpaired) electrons. The van der Waals surface area contributed by atoms with Crippen LogP contribution in [-0.4, -0.2) is 25.2 Å². The molecule has 0 saturated carbocycles. The molecule has 0 bridgehead atoms. The van der Waals surface area contributed by atoms with E-state index in [0.29, 0.717) is 18.9 Å². The second-order valence-electron chi connectivity index (χ2n) is 5.58. The smallest absolute Gasteiger partial charge is 0.332 e. The van der Waals surface area contributed by atoms with Gasteiger partial charge in [0.15, 0.2) is 0 Å². The molecule has 0 aromatic heterocycles. The number of ether oxygens (including phenoxy) is 2. The number of allylic oxidation sites excluding steroid dienone is 1. The Balaban J connectivity index is 3.16. The number of rotatable bonds is 13. The largest absolute Gasteiger partial charge is 0.466 e. The number of hydrogen-bond donors (Lipinski definition) is 1. The van der Waals surface area contributed by atoms with Crippen molar-refractivity contribution in [3.8, 4) is 0 Å². The molecule has 5 nitrogen and oxygen atoms in total. The predicted octanol–water partition coefficient (Wildman–Crippen LogP) is 3.47. The van der Waals surface area contributed by atoms with Gasteiger partial charge in [-0.1, -0.05) is 44.9 Å². The molecule has 0 spiro atoms. The van der Waals surface area contributed by atoms with Crippen LogP contribution in [0.15, 0.2) is 11.8 Å². The minimum Gasteiger partial charge on any atom is -0.466 e. The second-order valence-corrected chi connectivity index (χ2v) is 5.58. The molecule has 0 saturated heterocycles. The Labute approximate surface area is 134 Å². The standard InChI is InChI=1S/C17H31NO4/c1-15(18)14-17(20)22-13-11-9-7-5-3-4-6-8-10-12-21-16(2)19/h14H,3-13,18H2,1-2H3/b15-14+. The lowest BCUT2D eigenvalue weighted by Gasteiger charge is -2.04. The van der Waals surface area contributed by atoms with Crippen LogP contribution in [0.2, 0.25) is 0 Å². The van der Waals surface area contributed by atoms with Crippen LogP contribution in [0.25, 0.3) is 0 Å². The molecule has 0 aromatic rings. The van der Waals surface area contributed by atoms with E-state index in [2.05, 4.69) is 0 Å². The summed E-state index contributed by atoms with van der Waals surface area (Å²) in [6.07, 6.45) is 11.5. The highest BCUT2D eigenvalue weighted by molar-refractivity contribution is 5.82. The SMILES string of the molecule is CC(=O)OCCCCCCCCCCCOC(=O)/C=C(\C)N. The average molecular weight is 313 g/mol. The molecular weight excluding hydrogens is 282 g/mol. The van der Waals surface area contributed by atoms with Gasteiger partial charge in [-0.3, -0.25) is 4.79 Å². The van der Waals surface area contributed by atoms with E-state index in [9.17, 15) is 9.59 Å². The fourth-order valence-corrected chi connectivity index (χ4v) is 2.06. The molecule has 0 amide bonds. The van der Waals surface area contributed by atoms with Crippen molar-refractivity contribution in [2.75, 3.05) is 13.2 Å². The normalized spacial score (nSPS) is 11.3. The molecule has 0 aliphatic carbocycles. The van der Waals surface area contributed by atoms with Crippen LogP contribution in [0.3, 0.4) is 0 Å². The van der Waals surface area contributed by atoms with Crippen molar-refractivity contribution in [1.82, 2.24) is 0 Å². The topological polar surface area (TPSA) is 78.6 Å². The van der Waals surface area contributed by atoms with Gasteiger partial charge in [-0.05, 0) is 19.8 Å². The third-order valence-electron chi connectivity index (χ3n) is 3.18. The molecule has 0 heterocycles. The Morgan fingerprint density at radius 2 is 1.18 bits per heavy atom. The van der Waals surface area contributed by atoms with Crippen molar-refractivity contribution in [1.29, 1.82) is 0 Å².